The van der Waals surface area contributed by atoms with Gasteiger partial charge in [0.15, 0.2) is 0 Å². The van der Waals surface area contributed by atoms with E-state index in [1.54, 1.807) is 16.7 Å². The van der Waals surface area contributed by atoms with Crippen molar-refractivity contribution in [2.75, 3.05) is 0 Å². The number of rotatable bonds is 3. The van der Waals surface area contributed by atoms with Gasteiger partial charge >= 0.3 is 5.69 Å². The molecule has 1 aromatic heterocycles. The van der Waals surface area contributed by atoms with Gasteiger partial charge in [0.1, 0.15) is 17.7 Å². The summed E-state index contributed by atoms with van der Waals surface area (Å²) in [6.45, 7) is 0.643. The zero-order valence-corrected chi connectivity index (χ0v) is 11.0. The standard InChI is InChI=1S/C14H16FN3O2/c15-11-6-2-1-5-10(11)12(19)9-18-14(20)17-8-4-3-7-13(17)16-18/h1-2,5-6,12,19H,3-4,7-9H2. The van der Waals surface area contributed by atoms with Crippen molar-refractivity contribution in [3.8, 4) is 0 Å². The van der Waals surface area contributed by atoms with Crippen molar-refractivity contribution in [1.29, 1.82) is 0 Å². The van der Waals surface area contributed by atoms with E-state index in [0.717, 1.165) is 25.1 Å². The Kier molecular flexibility index (Phi) is 3.40. The molecule has 0 radical (unpaired) electrons. The molecule has 1 atom stereocenters. The summed E-state index contributed by atoms with van der Waals surface area (Å²) in [5.41, 5.74) is -0.0412. The minimum Gasteiger partial charge on any atom is -0.386 e. The number of aryl methyl sites for hydroxylation is 1. The highest BCUT2D eigenvalue weighted by Gasteiger charge is 2.20. The third kappa shape index (κ3) is 2.27. The van der Waals surface area contributed by atoms with Gasteiger partial charge in [-0.15, -0.1) is 0 Å². The molecule has 0 amide bonds. The highest BCUT2D eigenvalue weighted by molar-refractivity contribution is 5.19. The van der Waals surface area contributed by atoms with Crippen molar-refractivity contribution < 1.29 is 9.50 Å². The summed E-state index contributed by atoms with van der Waals surface area (Å²) in [6, 6.07) is 6.02. The lowest BCUT2D eigenvalue weighted by molar-refractivity contribution is 0.145. The summed E-state index contributed by atoms with van der Waals surface area (Å²) in [6.07, 6.45) is 1.68. The maximum absolute atomic E-state index is 13.6. The fraction of sp³-hybridized carbons (Fsp3) is 0.429. The summed E-state index contributed by atoms with van der Waals surface area (Å²) in [4.78, 5) is 12.1. The first-order valence-electron chi connectivity index (χ1n) is 6.76. The molecule has 1 aliphatic heterocycles. The smallest absolute Gasteiger partial charge is 0.346 e. The molecule has 3 rings (SSSR count). The number of hydrogen-bond donors (Lipinski definition) is 1. The molecule has 0 aliphatic carbocycles. The largest absolute Gasteiger partial charge is 0.386 e. The number of nitrogens with zero attached hydrogens (tertiary/aromatic N) is 3. The van der Waals surface area contributed by atoms with Crippen LogP contribution in [-0.4, -0.2) is 19.5 Å². The Labute approximate surface area is 115 Å². The van der Waals surface area contributed by atoms with Crippen molar-refractivity contribution in [2.24, 2.45) is 0 Å². The molecule has 1 N–H and O–H groups in total. The molecule has 0 spiro atoms. The van der Waals surface area contributed by atoms with Crippen molar-refractivity contribution in [3.05, 3.63) is 52.0 Å². The molecule has 6 heteroatoms. The van der Waals surface area contributed by atoms with Gasteiger partial charge in [0.2, 0.25) is 0 Å². The van der Waals surface area contributed by atoms with Gasteiger partial charge in [0.05, 0.1) is 6.54 Å². The summed E-state index contributed by atoms with van der Waals surface area (Å²) >= 11 is 0. The predicted octanol–water partition coefficient (Wildman–Crippen LogP) is 1.25. The fourth-order valence-electron chi connectivity index (χ4n) is 2.57. The van der Waals surface area contributed by atoms with Crippen LogP contribution in [0.15, 0.2) is 29.1 Å². The monoisotopic (exact) mass is 277 g/mol. The van der Waals surface area contributed by atoms with Crippen LogP contribution in [-0.2, 0) is 19.5 Å². The van der Waals surface area contributed by atoms with Gasteiger partial charge in [-0.1, -0.05) is 18.2 Å². The van der Waals surface area contributed by atoms with Crippen LogP contribution in [0.4, 0.5) is 4.39 Å². The van der Waals surface area contributed by atoms with E-state index in [1.807, 2.05) is 0 Å². The zero-order valence-electron chi connectivity index (χ0n) is 11.0. The third-order valence-electron chi connectivity index (χ3n) is 3.64. The van der Waals surface area contributed by atoms with Gasteiger partial charge in [-0.3, -0.25) is 4.57 Å². The van der Waals surface area contributed by atoms with E-state index in [0.29, 0.717) is 6.54 Å². The highest BCUT2D eigenvalue weighted by atomic mass is 19.1. The molecule has 0 fully saturated rings. The van der Waals surface area contributed by atoms with E-state index >= 15 is 0 Å². The molecule has 2 heterocycles. The predicted molar refractivity (Wildman–Crippen MR) is 70.8 cm³/mol. The minimum atomic E-state index is -1.08. The Hall–Kier alpha value is -1.95. The van der Waals surface area contributed by atoms with Gasteiger partial charge in [-0.05, 0) is 18.9 Å². The average molecular weight is 277 g/mol. The first kappa shape index (κ1) is 13.1. The van der Waals surface area contributed by atoms with Gasteiger partial charge in [0, 0.05) is 18.5 Å². The quantitative estimate of drug-likeness (QED) is 0.918. The second-order valence-corrected chi connectivity index (χ2v) is 5.03. The average Bonchev–Trinajstić information content (AvgIpc) is 2.76. The van der Waals surface area contributed by atoms with Crippen molar-refractivity contribution in [3.63, 3.8) is 0 Å². The lowest BCUT2D eigenvalue weighted by atomic mass is 10.1. The van der Waals surface area contributed by atoms with Crippen LogP contribution in [0.2, 0.25) is 0 Å². The number of aliphatic hydroxyl groups is 1. The molecular weight excluding hydrogens is 261 g/mol. The Morgan fingerprint density at radius 2 is 2.15 bits per heavy atom. The highest BCUT2D eigenvalue weighted by Crippen LogP contribution is 2.18. The van der Waals surface area contributed by atoms with Gasteiger partial charge in [-0.25, -0.2) is 13.9 Å². The molecule has 1 aromatic carbocycles. The molecule has 2 aromatic rings. The van der Waals surface area contributed by atoms with E-state index < -0.39 is 11.9 Å². The lowest BCUT2D eigenvalue weighted by Crippen LogP contribution is -2.28. The molecule has 0 saturated heterocycles. The molecule has 0 saturated carbocycles. The van der Waals surface area contributed by atoms with Crippen LogP contribution in [0, 0.1) is 5.82 Å². The molecule has 106 valence electrons. The minimum absolute atomic E-state index is 0.0280. The number of hydrogen-bond acceptors (Lipinski definition) is 3. The summed E-state index contributed by atoms with van der Waals surface area (Å²) < 4.78 is 16.5. The zero-order chi connectivity index (χ0) is 14.1. The van der Waals surface area contributed by atoms with E-state index in [-0.39, 0.29) is 17.8 Å². The van der Waals surface area contributed by atoms with E-state index in [4.69, 9.17) is 0 Å². The van der Waals surface area contributed by atoms with Crippen molar-refractivity contribution in [2.45, 2.75) is 38.5 Å². The normalized spacial score (nSPS) is 15.9. The van der Waals surface area contributed by atoms with Gasteiger partial charge in [0.25, 0.3) is 0 Å². The summed E-state index contributed by atoms with van der Waals surface area (Å²) in [7, 11) is 0. The maximum atomic E-state index is 13.6. The number of benzene rings is 1. The number of aliphatic hydroxyl groups excluding tert-OH is 1. The van der Waals surface area contributed by atoms with Crippen LogP contribution < -0.4 is 5.69 Å². The maximum Gasteiger partial charge on any atom is 0.346 e. The van der Waals surface area contributed by atoms with Gasteiger partial charge in [-0.2, -0.15) is 5.10 Å². The second kappa shape index (κ2) is 5.20. The fourth-order valence-corrected chi connectivity index (χ4v) is 2.57. The van der Waals surface area contributed by atoms with Crippen LogP contribution in [0.5, 0.6) is 0 Å². The molecule has 5 nitrogen and oxygen atoms in total. The molecule has 0 bridgehead atoms. The van der Waals surface area contributed by atoms with E-state index in [1.165, 1.54) is 16.8 Å². The van der Waals surface area contributed by atoms with Crippen LogP contribution in [0.3, 0.4) is 0 Å². The molecule has 1 unspecified atom stereocenters. The Balaban J connectivity index is 1.87. The molecular formula is C14H16FN3O2. The summed E-state index contributed by atoms with van der Waals surface area (Å²) in [5.74, 6) is 0.277. The number of aromatic nitrogens is 3. The van der Waals surface area contributed by atoms with E-state index in [2.05, 4.69) is 5.10 Å². The topological polar surface area (TPSA) is 60.1 Å². The Morgan fingerprint density at radius 1 is 1.35 bits per heavy atom. The van der Waals surface area contributed by atoms with Crippen LogP contribution in [0.1, 0.15) is 30.3 Å². The van der Waals surface area contributed by atoms with Crippen molar-refractivity contribution >= 4 is 0 Å². The van der Waals surface area contributed by atoms with Gasteiger partial charge < -0.3 is 5.11 Å². The second-order valence-electron chi connectivity index (χ2n) is 5.03. The first-order chi connectivity index (χ1) is 9.66. The Morgan fingerprint density at radius 3 is 2.90 bits per heavy atom. The van der Waals surface area contributed by atoms with Crippen LogP contribution >= 0.6 is 0 Å². The molecule has 1 aliphatic rings. The Bertz CT molecular complexity index is 677. The van der Waals surface area contributed by atoms with E-state index in [9.17, 15) is 14.3 Å². The molecule has 20 heavy (non-hydrogen) atoms. The summed E-state index contributed by atoms with van der Waals surface area (Å²) in [5, 5.41) is 14.3. The number of fused-ring (bicyclic) bond motifs is 1. The SMILES string of the molecule is O=c1n(CC(O)c2ccccc2F)nc2n1CCCC2. The lowest BCUT2D eigenvalue weighted by Gasteiger charge is -2.10. The number of halogens is 1. The van der Waals surface area contributed by atoms with Crippen LogP contribution in [0.25, 0.3) is 0 Å². The third-order valence-corrected chi connectivity index (χ3v) is 3.64. The first-order valence-corrected chi connectivity index (χ1v) is 6.76. The van der Waals surface area contributed by atoms with Crippen molar-refractivity contribution in [1.82, 2.24) is 14.3 Å².